The number of carbonyl (C=O) groups is 1. The fourth-order valence-electron chi connectivity index (χ4n) is 3.18. The molecule has 7 nitrogen and oxygen atoms in total. The molecule has 0 spiro atoms. The summed E-state index contributed by atoms with van der Waals surface area (Å²) in [6.45, 7) is 3.18. The number of methoxy groups -OCH3 is 1. The highest BCUT2D eigenvalue weighted by Crippen LogP contribution is 2.24. The van der Waals surface area contributed by atoms with Crippen molar-refractivity contribution in [3.8, 4) is 5.75 Å². The molecule has 0 bridgehead atoms. The molecule has 1 aliphatic heterocycles. The molecule has 2 heterocycles. The molecule has 1 amide bonds. The summed E-state index contributed by atoms with van der Waals surface area (Å²) in [7, 11) is 1.62. The zero-order valence-electron chi connectivity index (χ0n) is 15.7. The Morgan fingerprint density at radius 3 is 2.61 bits per heavy atom. The fourth-order valence-corrected chi connectivity index (χ4v) is 3.18. The molecular weight excluding hydrogens is 356 g/mol. The van der Waals surface area contributed by atoms with E-state index in [0.29, 0.717) is 19.8 Å². The molecule has 0 radical (unpaired) electrons. The smallest absolute Gasteiger partial charge is 0.289 e. The van der Waals surface area contributed by atoms with Gasteiger partial charge in [0, 0.05) is 25.0 Å². The van der Waals surface area contributed by atoms with Gasteiger partial charge in [0.05, 0.1) is 25.8 Å². The van der Waals surface area contributed by atoms with Crippen molar-refractivity contribution in [2.45, 2.75) is 6.54 Å². The highest BCUT2D eigenvalue weighted by atomic mass is 16.5. The van der Waals surface area contributed by atoms with Crippen molar-refractivity contribution in [2.24, 2.45) is 0 Å². The number of amides is 1. The predicted molar refractivity (Wildman–Crippen MR) is 107 cm³/mol. The van der Waals surface area contributed by atoms with Gasteiger partial charge in [0.1, 0.15) is 11.6 Å². The van der Waals surface area contributed by atoms with E-state index in [1.807, 2.05) is 48.5 Å². The van der Waals surface area contributed by atoms with E-state index in [1.165, 1.54) is 0 Å². The first-order chi connectivity index (χ1) is 13.7. The fraction of sp³-hybridized carbons (Fsp3) is 0.286. The van der Waals surface area contributed by atoms with Gasteiger partial charge in [0.2, 0.25) is 5.82 Å². The minimum atomic E-state index is -0.295. The van der Waals surface area contributed by atoms with E-state index in [-0.39, 0.29) is 11.7 Å². The molecule has 0 atom stereocenters. The molecule has 7 heteroatoms. The second kappa shape index (κ2) is 8.22. The highest BCUT2D eigenvalue weighted by molar-refractivity contribution is 5.96. The van der Waals surface area contributed by atoms with Gasteiger partial charge < -0.3 is 19.7 Å². The molecular formula is C21H22N4O3. The lowest BCUT2D eigenvalue weighted by atomic mass is 10.2. The Labute approximate surface area is 163 Å². The Balaban J connectivity index is 1.57. The van der Waals surface area contributed by atoms with Crippen LogP contribution in [0.2, 0.25) is 0 Å². The summed E-state index contributed by atoms with van der Waals surface area (Å²) in [4.78, 5) is 23.9. The number of carbonyl (C=O) groups excluding carboxylic acids is 1. The van der Waals surface area contributed by atoms with E-state index in [4.69, 9.17) is 9.47 Å². The molecule has 1 fully saturated rings. The SMILES string of the molecule is COc1ccc(CNC(=O)c2nc(N3CCOCC3)c3ccccc3n2)cc1. The maximum Gasteiger partial charge on any atom is 0.289 e. The van der Waals surface area contributed by atoms with Crippen molar-refractivity contribution in [1.82, 2.24) is 15.3 Å². The Hall–Kier alpha value is -3.19. The van der Waals surface area contributed by atoms with Crippen LogP contribution >= 0.6 is 0 Å². The molecule has 0 aliphatic carbocycles. The number of hydrogen-bond acceptors (Lipinski definition) is 6. The van der Waals surface area contributed by atoms with Gasteiger partial charge in [-0.05, 0) is 29.8 Å². The summed E-state index contributed by atoms with van der Waals surface area (Å²) in [5, 5.41) is 3.84. The van der Waals surface area contributed by atoms with E-state index in [1.54, 1.807) is 7.11 Å². The number of nitrogens with zero attached hydrogens (tertiary/aromatic N) is 3. The van der Waals surface area contributed by atoms with Gasteiger partial charge in [0.25, 0.3) is 5.91 Å². The lowest BCUT2D eigenvalue weighted by Crippen LogP contribution is -2.37. The van der Waals surface area contributed by atoms with Crippen molar-refractivity contribution >= 4 is 22.6 Å². The van der Waals surface area contributed by atoms with Crippen LogP contribution in [0.15, 0.2) is 48.5 Å². The van der Waals surface area contributed by atoms with Crippen molar-refractivity contribution in [1.29, 1.82) is 0 Å². The number of hydrogen-bond donors (Lipinski definition) is 1. The third-order valence-electron chi connectivity index (χ3n) is 4.71. The quantitative estimate of drug-likeness (QED) is 0.735. The molecule has 4 rings (SSSR count). The van der Waals surface area contributed by atoms with Crippen molar-refractivity contribution in [3.63, 3.8) is 0 Å². The van der Waals surface area contributed by atoms with Crippen LogP contribution in [-0.4, -0.2) is 49.3 Å². The molecule has 0 unspecified atom stereocenters. The Morgan fingerprint density at radius 2 is 1.86 bits per heavy atom. The van der Waals surface area contributed by atoms with Crippen LogP contribution in [0, 0.1) is 0 Å². The molecule has 28 heavy (non-hydrogen) atoms. The maximum absolute atomic E-state index is 12.7. The van der Waals surface area contributed by atoms with E-state index in [0.717, 1.165) is 41.1 Å². The van der Waals surface area contributed by atoms with Crippen LogP contribution in [0.1, 0.15) is 16.2 Å². The van der Waals surface area contributed by atoms with Crippen LogP contribution in [0.4, 0.5) is 5.82 Å². The van der Waals surface area contributed by atoms with Gasteiger partial charge in [-0.25, -0.2) is 9.97 Å². The second-order valence-electron chi connectivity index (χ2n) is 6.52. The third-order valence-corrected chi connectivity index (χ3v) is 4.71. The number of ether oxygens (including phenoxy) is 2. The summed E-state index contributed by atoms with van der Waals surface area (Å²) in [6.07, 6.45) is 0. The van der Waals surface area contributed by atoms with Gasteiger partial charge in [-0.2, -0.15) is 0 Å². The Morgan fingerprint density at radius 1 is 1.11 bits per heavy atom. The van der Waals surface area contributed by atoms with Crippen LogP contribution in [0.5, 0.6) is 5.75 Å². The van der Waals surface area contributed by atoms with Gasteiger partial charge in [-0.15, -0.1) is 0 Å². The summed E-state index contributed by atoms with van der Waals surface area (Å²) in [6, 6.07) is 15.3. The molecule has 1 aliphatic rings. The summed E-state index contributed by atoms with van der Waals surface area (Å²) < 4.78 is 10.6. The number of morpholine rings is 1. The highest BCUT2D eigenvalue weighted by Gasteiger charge is 2.19. The molecule has 1 N–H and O–H groups in total. The van der Waals surface area contributed by atoms with E-state index >= 15 is 0 Å². The van der Waals surface area contributed by atoms with Crippen LogP contribution < -0.4 is 15.0 Å². The first-order valence-corrected chi connectivity index (χ1v) is 9.25. The van der Waals surface area contributed by atoms with Crippen molar-refractivity contribution in [3.05, 3.63) is 59.9 Å². The third kappa shape index (κ3) is 3.89. The predicted octanol–water partition coefficient (Wildman–Crippen LogP) is 2.41. The topological polar surface area (TPSA) is 76.6 Å². The summed E-state index contributed by atoms with van der Waals surface area (Å²) in [5.74, 6) is 1.44. The average Bonchev–Trinajstić information content (AvgIpc) is 2.77. The average molecular weight is 378 g/mol. The molecule has 3 aromatic rings. The van der Waals surface area contributed by atoms with Crippen LogP contribution in [0.3, 0.4) is 0 Å². The zero-order valence-corrected chi connectivity index (χ0v) is 15.7. The number of fused-ring (bicyclic) bond motifs is 1. The minimum absolute atomic E-state index is 0.175. The maximum atomic E-state index is 12.7. The van der Waals surface area contributed by atoms with Gasteiger partial charge in [-0.3, -0.25) is 4.79 Å². The monoisotopic (exact) mass is 378 g/mol. The molecule has 2 aromatic carbocycles. The zero-order chi connectivity index (χ0) is 19.3. The van der Waals surface area contributed by atoms with Gasteiger partial charge >= 0.3 is 0 Å². The molecule has 1 saturated heterocycles. The number of rotatable bonds is 5. The molecule has 1 aromatic heterocycles. The van der Waals surface area contributed by atoms with E-state index in [2.05, 4.69) is 20.2 Å². The minimum Gasteiger partial charge on any atom is -0.497 e. The van der Waals surface area contributed by atoms with E-state index < -0.39 is 0 Å². The van der Waals surface area contributed by atoms with Crippen molar-refractivity contribution < 1.29 is 14.3 Å². The Kier molecular flexibility index (Phi) is 5.34. The summed E-state index contributed by atoms with van der Waals surface area (Å²) in [5.41, 5.74) is 1.73. The number of aromatic nitrogens is 2. The van der Waals surface area contributed by atoms with Gasteiger partial charge in [-0.1, -0.05) is 24.3 Å². The van der Waals surface area contributed by atoms with Gasteiger partial charge in [0.15, 0.2) is 0 Å². The first-order valence-electron chi connectivity index (χ1n) is 9.25. The van der Waals surface area contributed by atoms with Crippen LogP contribution in [0.25, 0.3) is 10.9 Å². The van der Waals surface area contributed by atoms with Crippen LogP contribution in [-0.2, 0) is 11.3 Å². The number of benzene rings is 2. The lowest BCUT2D eigenvalue weighted by Gasteiger charge is -2.28. The number of anilines is 1. The lowest BCUT2D eigenvalue weighted by molar-refractivity contribution is 0.0940. The van der Waals surface area contributed by atoms with Crippen molar-refractivity contribution in [2.75, 3.05) is 38.3 Å². The molecule has 0 saturated carbocycles. The second-order valence-corrected chi connectivity index (χ2v) is 6.52. The number of nitrogens with one attached hydrogen (secondary N) is 1. The molecule has 144 valence electrons. The Bertz CT molecular complexity index is 969. The normalized spacial score (nSPS) is 14.1. The first kappa shape index (κ1) is 18.2. The summed E-state index contributed by atoms with van der Waals surface area (Å²) >= 11 is 0. The number of para-hydroxylation sites is 1. The van der Waals surface area contributed by atoms with E-state index in [9.17, 15) is 4.79 Å². The standard InChI is InChI=1S/C21H22N4O3/c1-27-16-8-6-15(7-9-16)14-22-21(26)19-23-18-5-3-2-4-17(18)20(24-19)25-10-12-28-13-11-25/h2-9H,10-14H2,1H3,(H,22,26). The largest absolute Gasteiger partial charge is 0.497 e.